The third-order valence-corrected chi connectivity index (χ3v) is 4.13. The van der Waals surface area contributed by atoms with E-state index in [1.54, 1.807) is 6.07 Å². The van der Waals surface area contributed by atoms with E-state index in [1.165, 1.54) is 5.56 Å². The van der Waals surface area contributed by atoms with Gasteiger partial charge < -0.3 is 4.57 Å². The molecular weight excluding hydrogens is 345 g/mol. The summed E-state index contributed by atoms with van der Waals surface area (Å²) in [5, 5.41) is 2.38. The quantitative estimate of drug-likeness (QED) is 0.551. The summed E-state index contributed by atoms with van der Waals surface area (Å²) in [6, 6.07) is 14.0. The predicted octanol–water partition coefficient (Wildman–Crippen LogP) is 5.76. The molecule has 0 N–H and O–H groups in total. The van der Waals surface area contributed by atoms with Gasteiger partial charge in [-0.05, 0) is 35.9 Å². The Labute approximate surface area is 129 Å². The van der Waals surface area contributed by atoms with Crippen molar-refractivity contribution in [2.75, 3.05) is 0 Å². The molecule has 1 heterocycles. The molecule has 0 unspecified atom stereocenters. The SMILES string of the molecule is Clc1cc(Cl)c2ccn(Cc3ccc(Br)cc3)c2c1. The van der Waals surface area contributed by atoms with Crippen molar-refractivity contribution in [3.63, 3.8) is 0 Å². The van der Waals surface area contributed by atoms with Gasteiger partial charge in [0.05, 0.1) is 10.5 Å². The molecule has 0 saturated heterocycles. The van der Waals surface area contributed by atoms with Gasteiger partial charge in [-0.25, -0.2) is 0 Å². The van der Waals surface area contributed by atoms with Crippen LogP contribution < -0.4 is 0 Å². The first kappa shape index (κ1) is 13.0. The Bertz CT molecular complexity index is 732. The van der Waals surface area contributed by atoms with Crippen LogP contribution in [-0.2, 0) is 6.54 Å². The number of halogens is 3. The summed E-state index contributed by atoms with van der Waals surface area (Å²) >= 11 is 15.7. The molecule has 1 nitrogen and oxygen atoms in total. The fourth-order valence-corrected chi connectivity index (χ4v) is 2.95. The number of aromatic nitrogens is 1. The molecular formula is C15H10BrCl2N. The first-order valence-electron chi connectivity index (χ1n) is 5.82. The van der Waals surface area contributed by atoms with E-state index in [-0.39, 0.29) is 0 Å². The van der Waals surface area contributed by atoms with E-state index in [0.29, 0.717) is 10.0 Å². The molecule has 19 heavy (non-hydrogen) atoms. The van der Waals surface area contributed by atoms with E-state index >= 15 is 0 Å². The van der Waals surface area contributed by atoms with Crippen LogP contribution in [0.1, 0.15) is 5.56 Å². The van der Waals surface area contributed by atoms with E-state index in [1.807, 2.05) is 30.5 Å². The van der Waals surface area contributed by atoms with Gasteiger partial charge in [0.1, 0.15) is 0 Å². The maximum Gasteiger partial charge on any atom is 0.0514 e. The minimum atomic E-state index is 0.660. The van der Waals surface area contributed by atoms with Crippen molar-refractivity contribution < 1.29 is 0 Å². The molecule has 0 aliphatic carbocycles. The minimum absolute atomic E-state index is 0.660. The van der Waals surface area contributed by atoms with Gasteiger partial charge in [0, 0.05) is 27.6 Å². The second-order valence-electron chi connectivity index (χ2n) is 4.39. The molecule has 0 atom stereocenters. The average Bonchev–Trinajstić information content (AvgIpc) is 2.76. The van der Waals surface area contributed by atoms with Crippen LogP contribution in [0, 0.1) is 0 Å². The molecule has 0 radical (unpaired) electrons. The maximum absolute atomic E-state index is 6.20. The number of fused-ring (bicyclic) bond motifs is 1. The van der Waals surface area contributed by atoms with E-state index in [2.05, 4.69) is 32.6 Å². The summed E-state index contributed by atoms with van der Waals surface area (Å²) in [6.45, 7) is 0.799. The zero-order chi connectivity index (χ0) is 13.4. The van der Waals surface area contributed by atoms with Crippen LogP contribution in [0.2, 0.25) is 10.0 Å². The Morgan fingerprint density at radius 3 is 2.47 bits per heavy atom. The molecule has 96 valence electrons. The third-order valence-electron chi connectivity index (χ3n) is 3.07. The lowest BCUT2D eigenvalue weighted by Gasteiger charge is -2.07. The van der Waals surface area contributed by atoms with Crippen molar-refractivity contribution in [1.82, 2.24) is 4.57 Å². The highest BCUT2D eigenvalue weighted by Gasteiger charge is 2.06. The molecule has 0 aliphatic heterocycles. The Kier molecular flexibility index (Phi) is 3.57. The summed E-state index contributed by atoms with van der Waals surface area (Å²) in [5.41, 5.74) is 2.29. The van der Waals surface area contributed by atoms with Gasteiger partial charge in [-0.3, -0.25) is 0 Å². The molecule has 0 amide bonds. The van der Waals surface area contributed by atoms with Gasteiger partial charge >= 0.3 is 0 Å². The largest absolute Gasteiger partial charge is 0.343 e. The first-order chi connectivity index (χ1) is 9.13. The molecule has 0 spiro atoms. The summed E-state index contributed by atoms with van der Waals surface area (Å²) < 4.78 is 3.23. The zero-order valence-corrected chi connectivity index (χ0v) is 13.0. The highest BCUT2D eigenvalue weighted by atomic mass is 79.9. The number of hydrogen-bond acceptors (Lipinski definition) is 0. The second kappa shape index (κ2) is 5.20. The van der Waals surface area contributed by atoms with Crippen LogP contribution in [0.25, 0.3) is 10.9 Å². The van der Waals surface area contributed by atoms with Gasteiger partial charge in [0.15, 0.2) is 0 Å². The Morgan fingerprint density at radius 1 is 1.00 bits per heavy atom. The smallest absolute Gasteiger partial charge is 0.0514 e. The number of benzene rings is 2. The Morgan fingerprint density at radius 2 is 1.74 bits per heavy atom. The summed E-state index contributed by atoms with van der Waals surface area (Å²) in [7, 11) is 0. The van der Waals surface area contributed by atoms with Crippen LogP contribution in [0.3, 0.4) is 0 Å². The van der Waals surface area contributed by atoms with E-state index in [9.17, 15) is 0 Å². The fraction of sp³-hybridized carbons (Fsp3) is 0.0667. The molecule has 0 bridgehead atoms. The van der Waals surface area contributed by atoms with Crippen LogP contribution in [0.15, 0.2) is 53.1 Å². The van der Waals surface area contributed by atoms with Gasteiger partial charge in [0.2, 0.25) is 0 Å². The highest BCUT2D eigenvalue weighted by molar-refractivity contribution is 9.10. The predicted molar refractivity (Wildman–Crippen MR) is 85.2 cm³/mol. The molecule has 1 aromatic heterocycles. The van der Waals surface area contributed by atoms with E-state index < -0.39 is 0 Å². The van der Waals surface area contributed by atoms with Gasteiger partial charge in [0.25, 0.3) is 0 Å². The van der Waals surface area contributed by atoms with Crippen molar-refractivity contribution in [1.29, 1.82) is 0 Å². The lowest BCUT2D eigenvalue weighted by molar-refractivity contribution is 0.837. The monoisotopic (exact) mass is 353 g/mol. The van der Waals surface area contributed by atoms with Crippen LogP contribution in [-0.4, -0.2) is 4.57 Å². The Balaban J connectivity index is 2.03. The van der Waals surface area contributed by atoms with Gasteiger partial charge in [-0.15, -0.1) is 0 Å². The summed E-state index contributed by atoms with van der Waals surface area (Å²) in [4.78, 5) is 0. The topological polar surface area (TPSA) is 4.93 Å². The number of rotatable bonds is 2. The third kappa shape index (κ3) is 2.66. The van der Waals surface area contributed by atoms with Crippen LogP contribution in [0.5, 0.6) is 0 Å². The van der Waals surface area contributed by atoms with E-state index in [0.717, 1.165) is 21.9 Å². The van der Waals surface area contributed by atoms with Crippen molar-refractivity contribution in [2.24, 2.45) is 0 Å². The highest BCUT2D eigenvalue weighted by Crippen LogP contribution is 2.29. The molecule has 0 fully saturated rings. The van der Waals surface area contributed by atoms with Gasteiger partial charge in [-0.2, -0.15) is 0 Å². The fourth-order valence-electron chi connectivity index (χ4n) is 2.14. The van der Waals surface area contributed by atoms with Crippen molar-refractivity contribution in [2.45, 2.75) is 6.54 Å². The second-order valence-corrected chi connectivity index (χ2v) is 6.15. The summed E-state index contributed by atoms with van der Waals surface area (Å²) in [5.74, 6) is 0. The minimum Gasteiger partial charge on any atom is -0.343 e. The first-order valence-corrected chi connectivity index (χ1v) is 7.37. The lowest BCUT2D eigenvalue weighted by Crippen LogP contribution is -1.97. The van der Waals surface area contributed by atoms with Crippen molar-refractivity contribution in [3.8, 4) is 0 Å². The number of hydrogen-bond donors (Lipinski definition) is 0. The molecule has 3 aromatic rings. The lowest BCUT2D eigenvalue weighted by atomic mass is 10.2. The standard InChI is InChI=1S/C15H10BrCl2N/c16-11-3-1-10(2-4-11)9-19-6-5-13-14(18)7-12(17)8-15(13)19/h1-8H,9H2. The molecule has 3 rings (SSSR count). The van der Waals surface area contributed by atoms with Crippen LogP contribution >= 0.6 is 39.1 Å². The summed E-state index contributed by atoms with van der Waals surface area (Å²) in [6.07, 6.45) is 2.04. The van der Waals surface area contributed by atoms with Crippen LogP contribution in [0.4, 0.5) is 0 Å². The molecule has 2 aromatic carbocycles. The van der Waals surface area contributed by atoms with Crippen molar-refractivity contribution >= 4 is 50.0 Å². The Hall–Kier alpha value is -0.960. The van der Waals surface area contributed by atoms with Crippen molar-refractivity contribution in [3.05, 3.63) is 68.7 Å². The van der Waals surface area contributed by atoms with E-state index in [4.69, 9.17) is 23.2 Å². The number of nitrogens with zero attached hydrogens (tertiary/aromatic N) is 1. The van der Waals surface area contributed by atoms with Gasteiger partial charge in [-0.1, -0.05) is 51.3 Å². The average molecular weight is 355 g/mol. The molecule has 0 aliphatic rings. The normalized spacial score (nSPS) is 11.1. The maximum atomic E-state index is 6.20. The zero-order valence-electron chi connectivity index (χ0n) is 9.91. The molecule has 4 heteroatoms. The molecule has 0 saturated carbocycles.